The van der Waals surface area contributed by atoms with Gasteiger partial charge >= 0.3 is 5.97 Å². The summed E-state index contributed by atoms with van der Waals surface area (Å²) in [6.07, 6.45) is -3.03. The minimum Gasteiger partial charge on any atom is -0.323 e. The van der Waals surface area contributed by atoms with Gasteiger partial charge in [-0.15, -0.1) is 11.3 Å². The lowest BCUT2D eigenvalue weighted by Crippen LogP contribution is -2.32. The Morgan fingerprint density at radius 1 is 0.964 bits per heavy atom. The van der Waals surface area contributed by atoms with E-state index in [1.807, 2.05) is 0 Å². The van der Waals surface area contributed by atoms with Gasteiger partial charge in [-0.2, -0.15) is 0 Å². The summed E-state index contributed by atoms with van der Waals surface area (Å²) >= 11 is 0.704. The predicted octanol–water partition coefficient (Wildman–Crippen LogP) is 4.12. The van der Waals surface area contributed by atoms with Gasteiger partial charge in [-0.1, -0.05) is 47.5 Å². The first-order valence-corrected chi connectivity index (χ1v) is 8.83. The number of benzene rings is 2. The lowest BCUT2D eigenvalue weighted by Gasteiger charge is -2.12. The molecule has 0 fully saturated rings. The van der Waals surface area contributed by atoms with E-state index >= 15 is 0 Å². The lowest BCUT2D eigenvalue weighted by molar-refractivity contribution is -0.0584. The average molecular weight is 400 g/mol. The Hall–Kier alpha value is -3.46. The van der Waals surface area contributed by atoms with Crippen LogP contribution < -0.4 is 0 Å². The van der Waals surface area contributed by atoms with Gasteiger partial charge < -0.3 is 4.84 Å². The van der Waals surface area contributed by atoms with Crippen molar-refractivity contribution >= 4 is 29.1 Å². The Bertz CT molecular complexity index is 1060. The van der Waals surface area contributed by atoms with Crippen LogP contribution in [0.25, 0.3) is 10.6 Å². The van der Waals surface area contributed by atoms with Crippen molar-refractivity contribution in [3.8, 4) is 10.6 Å². The van der Waals surface area contributed by atoms with E-state index in [0.717, 1.165) is 0 Å². The Morgan fingerprint density at radius 2 is 1.54 bits per heavy atom. The molecule has 6 nitrogen and oxygen atoms in total. The molecule has 0 unspecified atom stereocenters. The smallest absolute Gasteiger partial charge is 0.323 e. The first-order valence-electron chi connectivity index (χ1n) is 8.01. The highest BCUT2D eigenvalue weighted by Gasteiger charge is 2.40. The highest BCUT2D eigenvalue weighted by atomic mass is 32.1. The van der Waals surface area contributed by atoms with Crippen molar-refractivity contribution in [1.82, 2.24) is 10.0 Å². The number of alkyl halides is 2. The van der Waals surface area contributed by atoms with Crippen LogP contribution in [0.1, 0.15) is 42.5 Å². The lowest BCUT2D eigenvalue weighted by atomic mass is 10.1. The highest BCUT2D eigenvalue weighted by molar-refractivity contribution is 7.17. The molecule has 1 aliphatic rings. The van der Waals surface area contributed by atoms with Gasteiger partial charge in [0.1, 0.15) is 15.6 Å². The van der Waals surface area contributed by atoms with Crippen molar-refractivity contribution in [3.05, 3.63) is 76.3 Å². The number of carbonyl (C=O) groups excluding carboxylic acids is 3. The number of carbonyl (C=O) groups is 3. The fourth-order valence-electron chi connectivity index (χ4n) is 2.70. The second-order valence-corrected chi connectivity index (χ2v) is 6.73. The number of fused-ring (bicyclic) bond motifs is 1. The van der Waals surface area contributed by atoms with E-state index in [0.29, 0.717) is 16.9 Å². The number of halogens is 2. The summed E-state index contributed by atoms with van der Waals surface area (Å²) < 4.78 is 26.8. The standard InChI is InChI=1S/C19H10F2N2O4S/c20-15(21)13-14(28-16(22-13)10-6-2-1-3-7-10)19(26)27-23-17(24)11-8-4-5-9-12(11)18(23)25/h1-9,15H. The van der Waals surface area contributed by atoms with Crippen LogP contribution in [-0.4, -0.2) is 27.8 Å². The molecule has 140 valence electrons. The van der Waals surface area contributed by atoms with E-state index < -0.39 is 34.8 Å². The minimum atomic E-state index is -3.03. The van der Waals surface area contributed by atoms with Gasteiger partial charge in [-0.25, -0.2) is 18.6 Å². The number of aromatic nitrogens is 1. The number of amides is 2. The van der Waals surface area contributed by atoms with Crippen LogP contribution in [0.4, 0.5) is 8.78 Å². The van der Waals surface area contributed by atoms with Gasteiger partial charge in [0, 0.05) is 5.56 Å². The Morgan fingerprint density at radius 3 is 2.11 bits per heavy atom. The monoisotopic (exact) mass is 400 g/mol. The van der Waals surface area contributed by atoms with Gasteiger partial charge in [0.2, 0.25) is 0 Å². The summed E-state index contributed by atoms with van der Waals surface area (Å²) in [4.78, 5) is 45.3. The summed E-state index contributed by atoms with van der Waals surface area (Å²) in [5.41, 5.74) is -0.0630. The molecule has 1 aromatic heterocycles. The Labute approximate surface area is 161 Å². The van der Waals surface area contributed by atoms with Gasteiger partial charge in [-0.3, -0.25) is 9.59 Å². The number of rotatable bonds is 4. The molecule has 0 radical (unpaired) electrons. The van der Waals surface area contributed by atoms with E-state index in [1.165, 1.54) is 12.1 Å². The molecule has 0 saturated carbocycles. The third-order valence-electron chi connectivity index (χ3n) is 4.00. The zero-order valence-electron chi connectivity index (χ0n) is 14.0. The molecule has 0 spiro atoms. The third kappa shape index (κ3) is 2.95. The number of thiazole rings is 1. The summed E-state index contributed by atoms with van der Waals surface area (Å²) in [6, 6.07) is 14.4. The number of imide groups is 1. The molecule has 28 heavy (non-hydrogen) atoms. The molecule has 0 aliphatic carbocycles. The van der Waals surface area contributed by atoms with Crippen LogP contribution in [0.3, 0.4) is 0 Å². The van der Waals surface area contributed by atoms with Crippen molar-refractivity contribution < 1.29 is 28.0 Å². The molecule has 2 aromatic carbocycles. The second-order valence-electron chi connectivity index (χ2n) is 5.73. The van der Waals surface area contributed by atoms with Gasteiger partial charge in [-0.05, 0) is 12.1 Å². The fraction of sp³-hybridized carbons (Fsp3) is 0.0526. The van der Waals surface area contributed by atoms with E-state index in [1.54, 1.807) is 42.5 Å². The fourth-order valence-corrected chi connectivity index (χ4v) is 3.66. The second kappa shape index (κ2) is 6.93. The summed E-state index contributed by atoms with van der Waals surface area (Å²) in [7, 11) is 0. The largest absolute Gasteiger partial charge is 0.375 e. The molecule has 1 aliphatic heterocycles. The predicted molar refractivity (Wildman–Crippen MR) is 94.9 cm³/mol. The Balaban J connectivity index is 1.65. The zero-order valence-corrected chi connectivity index (χ0v) is 14.8. The van der Waals surface area contributed by atoms with E-state index in [2.05, 4.69) is 4.98 Å². The molecule has 0 saturated heterocycles. The van der Waals surface area contributed by atoms with E-state index in [9.17, 15) is 23.2 Å². The van der Waals surface area contributed by atoms with Crippen LogP contribution in [-0.2, 0) is 4.84 Å². The number of nitrogens with zero attached hydrogens (tertiary/aromatic N) is 2. The van der Waals surface area contributed by atoms with Crippen molar-refractivity contribution in [3.63, 3.8) is 0 Å². The molecule has 4 rings (SSSR count). The van der Waals surface area contributed by atoms with Gasteiger partial charge in [0.25, 0.3) is 18.2 Å². The minimum absolute atomic E-state index is 0.0728. The first kappa shape index (κ1) is 17.9. The van der Waals surface area contributed by atoms with Crippen LogP contribution in [0.2, 0.25) is 0 Å². The zero-order chi connectivity index (χ0) is 19.8. The molecule has 3 aromatic rings. The molecule has 2 heterocycles. The number of hydrogen-bond donors (Lipinski definition) is 0. The van der Waals surface area contributed by atoms with Crippen LogP contribution in [0, 0.1) is 0 Å². The molecular formula is C19H10F2N2O4S. The van der Waals surface area contributed by atoms with Gasteiger partial charge in [0.05, 0.1) is 11.1 Å². The summed E-state index contributed by atoms with van der Waals surface area (Å²) in [5, 5.41) is 0.481. The maximum atomic E-state index is 13.4. The van der Waals surface area contributed by atoms with Crippen LogP contribution in [0.5, 0.6) is 0 Å². The van der Waals surface area contributed by atoms with Gasteiger partial charge in [0.15, 0.2) is 0 Å². The van der Waals surface area contributed by atoms with Crippen molar-refractivity contribution in [1.29, 1.82) is 0 Å². The molecule has 0 atom stereocenters. The molecule has 0 bridgehead atoms. The average Bonchev–Trinajstić information content (AvgIpc) is 3.26. The molecular weight excluding hydrogens is 390 g/mol. The Kier molecular flexibility index (Phi) is 4.44. The van der Waals surface area contributed by atoms with E-state index in [4.69, 9.17) is 4.84 Å². The normalized spacial score (nSPS) is 13.2. The number of hydroxylamine groups is 2. The quantitative estimate of drug-likeness (QED) is 0.616. The first-order chi connectivity index (χ1) is 13.5. The van der Waals surface area contributed by atoms with Crippen molar-refractivity contribution in [2.75, 3.05) is 0 Å². The van der Waals surface area contributed by atoms with Crippen molar-refractivity contribution in [2.45, 2.75) is 6.43 Å². The molecule has 0 N–H and O–H groups in total. The molecule has 9 heteroatoms. The van der Waals surface area contributed by atoms with E-state index in [-0.39, 0.29) is 21.2 Å². The summed E-state index contributed by atoms with van der Waals surface area (Å²) in [6.45, 7) is 0. The third-order valence-corrected chi connectivity index (χ3v) is 5.10. The van der Waals surface area contributed by atoms with Crippen LogP contribution in [0.15, 0.2) is 54.6 Å². The molecule has 2 amide bonds. The van der Waals surface area contributed by atoms with Crippen molar-refractivity contribution in [2.24, 2.45) is 0 Å². The number of hydrogen-bond acceptors (Lipinski definition) is 6. The SMILES string of the molecule is O=C(ON1C(=O)c2ccccc2C1=O)c1sc(-c2ccccc2)nc1C(F)F. The maximum Gasteiger partial charge on any atom is 0.375 e. The van der Waals surface area contributed by atoms with Crippen LogP contribution >= 0.6 is 11.3 Å². The topological polar surface area (TPSA) is 76.6 Å². The summed E-state index contributed by atoms with van der Waals surface area (Å²) in [5.74, 6) is -2.91. The highest BCUT2D eigenvalue weighted by Crippen LogP contribution is 2.34. The maximum absolute atomic E-state index is 13.4.